The van der Waals surface area contributed by atoms with Crippen molar-refractivity contribution in [3.05, 3.63) is 143 Å². The van der Waals surface area contributed by atoms with Gasteiger partial charge in [-0.15, -0.1) is 11.8 Å². The van der Waals surface area contributed by atoms with Crippen molar-refractivity contribution >= 4 is 62.4 Å². The third-order valence-electron chi connectivity index (χ3n) is 7.40. The fourth-order valence-corrected chi connectivity index (χ4v) is 6.30. The molecule has 1 atom stereocenters. The zero-order chi connectivity index (χ0) is 30.6. The number of nitrogens with one attached hydrogen (secondary N) is 2. The first-order valence-corrected chi connectivity index (χ1v) is 15.0. The van der Waals surface area contributed by atoms with Gasteiger partial charge in [0.2, 0.25) is 5.91 Å². The molecule has 1 heterocycles. The van der Waals surface area contributed by atoms with E-state index in [2.05, 4.69) is 40.3 Å². The Morgan fingerprint density at radius 2 is 1.43 bits per heavy atom. The first-order valence-electron chi connectivity index (χ1n) is 14.1. The van der Waals surface area contributed by atoms with Crippen LogP contribution in [-0.2, 0) is 11.3 Å². The number of fused-ring (bicyclic) bond motifs is 3. The second kappa shape index (κ2) is 12.4. The lowest BCUT2D eigenvalue weighted by molar-refractivity contribution is -0.384. The molecule has 9 heteroatoms. The monoisotopic (exact) mass is 600 g/mol. The van der Waals surface area contributed by atoms with Crippen LogP contribution in [0.15, 0.2) is 126 Å². The minimum absolute atomic E-state index is 0.0791. The molecular formula is C35H28N4O4S. The Kier molecular flexibility index (Phi) is 8.12. The largest absolute Gasteiger partial charge is 0.341 e. The molecule has 5 aromatic carbocycles. The molecule has 0 saturated heterocycles. The highest BCUT2D eigenvalue weighted by molar-refractivity contribution is 8.00. The number of nitrogens with zero attached hydrogens (tertiary/aromatic N) is 2. The molecular weight excluding hydrogens is 572 g/mol. The van der Waals surface area contributed by atoms with Crippen molar-refractivity contribution in [3.8, 4) is 0 Å². The van der Waals surface area contributed by atoms with E-state index in [9.17, 15) is 19.7 Å². The number of aromatic nitrogens is 1. The molecule has 6 aromatic rings. The van der Waals surface area contributed by atoms with Gasteiger partial charge in [-0.2, -0.15) is 0 Å². The Bertz CT molecular complexity index is 1990. The molecule has 0 aliphatic rings. The van der Waals surface area contributed by atoms with Gasteiger partial charge in [-0.1, -0.05) is 48.5 Å². The molecule has 0 aliphatic heterocycles. The fourth-order valence-electron chi connectivity index (χ4n) is 5.27. The van der Waals surface area contributed by atoms with E-state index in [4.69, 9.17) is 0 Å². The number of anilines is 2. The Morgan fingerprint density at radius 3 is 2.14 bits per heavy atom. The number of non-ortho nitro benzene ring substituents is 1. The summed E-state index contributed by atoms with van der Waals surface area (Å²) in [4.78, 5) is 37.6. The van der Waals surface area contributed by atoms with Crippen molar-refractivity contribution in [2.24, 2.45) is 0 Å². The van der Waals surface area contributed by atoms with Gasteiger partial charge in [-0.3, -0.25) is 19.7 Å². The SMILES string of the molecule is CCn1c2ccccc2c2cc(NC(=O)C(Sc3ccc(NC(=O)c4ccc([N+](=O)[O-])cc4)cc3)c3ccccc3)ccc21. The number of thioether (sulfide) groups is 1. The van der Waals surface area contributed by atoms with Crippen LogP contribution in [0.25, 0.3) is 21.8 Å². The molecule has 2 N–H and O–H groups in total. The number of nitro benzene ring substituents is 1. The molecule has 0 spiro atoms. The lowest BCUT2D eigenvalue weighted by Crippen LogP contribution is -2.19. The minimum atomic E-state index is -0.524. The molecule has 0 radical (unpaired) electrons. The van der Waals surface area contributed by atoms with Crippen molar-refractivity contribution in [1.82, 2.24) is 4.57 Å². The summed E-state index contributed by atoms with van der Waals surface area (Å²) in [5.41, 5.74) is 4.69. The summed E-state index contributed by atoms with van der Waals surface area (Å²) in [6, 6.07) is 36.6. The van der Waals surface area contributed by atoms with Crippen molar-refractivity contribution in [3.63, 3.8) is 0 Å². The van der Waals surface area contributed by atoms with Crippen LogP contribution in [0.2, 0.25) is 0 Å². The first-order chi connectivity index (χ1) is 21.4. The molecule has 1 unspecified atom stereocenters. The Balaban J connectivity index is 1.20. The maximum absolute atomic E-state index is 13.8. The number of benzene rings is 5. The van der Waals surface area contributed by atoms with Gasteiger partial charge in [0, 0.05) is 62.3 Å². The van der Waals surface area contributed by atoms with E-state index in [1.807, 2.05) is 66.7 Å². The van der Waals surface area contributed by atoms with Crippen molar-refractivity contribution in [1.29, 1.82) is 0 Å². The molecule has 2 amide bonds. The van der Waals surface area contributed by atoms with Gasteiger partial charge >= 0.3 is 0 Å². The van der Waals surface area contributed by atoms with Gasteiger partial charge in [-0.05, 0) is 73.2 Å². The van der Waals surface area contributed by atoms with Gasteiger partial charge < -0.3 is 15.2 Å². The second-order valence-corrected chi connectivity index (χ2v) is 11.4. The van der Waals surface area contributed by atoms with E-state index in [0.717, 1.165) is 39.0 Å². The van der Waals surface area contributed by atoms with Crippen molar-refractivity contribution < 1.29 is 14.5 Å². The number of amides is 2. The molecule has 44 heavy (non-hydrogen) atoms. The van der Waals surface area contributed by atoms with Crippen molar-refractivity contribution in [2.45, 2.75) is 23.6 Å². The summed E-state index contributed by atoms with van der Waals surface area (Å²) in [5, 5.41) is 18.6. The summed E-state index contributed by atoms with van der Waals surface area (Å²) in [6.45, 7) is 2.98. The van der Waals surface area contributed by atoms with Gasteiger partial charge in [-0.25, -0.2) is 0 Å². The molecule has 0 aliphatic carbocycles. The Labute approximate surface area is 257 Å². The number of carbonyl (C=O) groups excluding carboxylic acids is 2. The summed E-state index contributed by atoms with van der Waals surface area (Å²) >= 11 is 1.42. The summed E-state index contributed by atoms with van der Waals surface area (Å²) in [7, 11) is 0. The van der Waals surface area contributed by atoms with Gasteiger partial charge in [0.25, 0.3) is 11.6 Å². The Morgan fingerprint density at radius 1 is 0.773 bits per heavy atom. The Hall–Kier alpha value is -5.41. The maximum atomic E-state index is 13.8. The van der Waals surface area contributed by atoms with E-state index in [1.54, 1.807) is 12.1 Å². The molecule has 6 rings (SSSR count). The van der Waals surface area contributed by atoms with Crippen LogP contribution < -0.4 is 10.6 Å². The number of hydrogen-bond donors (Lipinski definition) is 2. The average Bonchev–Trinajstić information content (AvgIpc) is 3.37. The quantitative estimate of drug-likeness (QED) is 0.0984. The molecule has 0 saturated carbocycles. The average molecular weight is 601 g/mol. The number of nitro groups is 1. The maximum Gasteiger partial charge on any atom is 0.269 e. The van der Waals surface area contributed by atoms with Crippen LogP contribution in [0.1, 0.15) is 28.1 Å². The fraction of sp³-hybridized carbons (Fsp3) is 0.0857. The number of rotatable bonds is 9. The zero-order valence-corrected chi connectivity index (χ0v) is 24.6. The topological polar surface area (TPSA) is 106 Å². The predicted molar refractivity (Wildman–Crippen MR) is 176 cm³/mol. The highest BCUT2D eigenvalue weighted by Gasteiger charge is 2.23. The highest BCUT2D eigenvalue weighted by atomic mass is 32.2. The zero-order valence-electron chi connectivity index (χ0n) is 23.8. The lowest BCUT2D eigenvalue weighted by Gasteiger charge is -2.18. The van der Waals surface area contributed by atoms with E-state index < -0.39 is 10.2 Å². The summed E-state index contributed by atoms with van der Waals surface area (Å²) in [6.07, 6.45) is 0. The summed E-state index contributed by atoms with van der Waals surface area (Å²) < 4.78 is 2.27. The standard InChI is InChI=1S/C35H28N4O4S/c1-2-38-31-11-7-6-10-29(31)30-22-26(16-21-32(30)38)37-35(41)33(23-8-4-3-5-9-23)44-28-19-14-25(15-20-28)36-34(40)24-12-17-27(18-13-24)39(42)43/h3-22,33H,2H2,1H3,(H,36,40)(H,37,41). The van der Waals surface area contributed by atoms with Gasteiger partial charge in [0.05, 0.1) is 4.92 Å². The lowest BCUT2D eigenvalue weighted by atomic mass is 10.1. The number of hydrogen-bond acceptors (Lipinski definition) is 5. The molecule has 8 nitrogen and oxygen atoms in total. The number of aryl methyl sites for hydroxylation is 1. The van der Waals surface area contributed by atoms with Gasteiger partial charge in [0.15, 0.2) is 0 Å². The van der Waals surface area contributed by atoms with Crippen LogP contribution in [0.3, 0.4) is 0 Å². The van der Waals surface area contributed by atoms with Crippen LogP contribution in [0.5, 0.6) is 0 Å². The first kappa shape index (κ1) is 28.7. The smallest absolute Gasteiger partial charge is 0.269 e. The molecule has 1 aromatic heterocycles. The van der Waals surface area contributed by atoms with Gasteiger partial charge in [0.1, 0.15) is 5.25 Å². The molecule has 0 fully saturated rings. The normalized spacial score (nSPS) is 11.8. The van der Waals surface area contributed by atoms with Crippen LogP contribution in [0.4, 0.5) is 17.1 Å². The second-order valence-electron chi connectivity index (χ2n) is 10.2. The van der Waals surface area contributed by atoms with Crippen LogP contribution in [-0.4, -0.2) is 21.3 Å². The van der Waals surface area contributed by atoms with E-state index in [1.165, 1.54) is 41.5 Å². The number of para-hydroxylation sites is 1. The highest BCUT2D eigenvalue weighted by Crippen LogP contribution is 2.37. The summed E-state index contributed by atoms with van der Waals surface area (Å²) in [5.74, 6) is -0.517. The van der Waals surface area contributed by atoms with Crippen molar-refractivity contribution in [2.75, 3.05) is 10.6 Å². The predicted octanol–water partition coefficient (Wildman–Crippen LogP) is 8.45. The third kappa shape index (κ3) is 5.91. The molecule has 218 valence electrons. The van der Waals surface area contributed by atoms with E-state index >= 15 is 0 Å². The third-order valence-corrected chi connectivity index (χ3v) is 8.67. The molecule has 0 bridgehead atoms. The minimum Gasteiger partial charge on any atom is -0.341 e. The number of carbonyl (C=O) groups is 2. The van der Waals surface area contributed by atoms with Crippen LogP contribution in [0, 0.1) is 10.1 Å². The van der Waals surface area contributed by atoms with E-state index in [0.29, 0.717) is 11.3 Å². The van der Waals surface area contributed by atoms with E-state index in [-0.39, 0.29) is 17.5 Å². The van der Waals surface area contributed by atoms with Crippen LogP contribution >= 0.6 is 11.8 Å².